The fourth-order valence-corrected chi connectivity index (χ4v) is 5.14. The molecule has 3 heterocycles. The molecule has 9 nitrogen and oxygen atoms in total. The van der Waals surface area contributed by atoms with E-state index in [2.05, 4.69) is 20.0 Å². The monoisotopic (exact) mass is 418 g/mol. The zero-order valence-corrected chi connectivity index (χ0v) is 16.4. The highest BCUT2D eigenvalue weighted by molar-refractivity contribution is 7.89. The van der Waals surface area contributed by atoms with Gasteiger partial charge in [-0.25, -0.2) is 13.1 Å². The highest BCUT2D eigenvalue weighted by Crippen LogP contribution is 2.28. The summed E-state index contributed by atoms with van der Waals surface area (Å²) in [5.74, 6) is -0.942. The topological polar surface area (TPSA) is 144 Å². The van der Waals surface area contributed by atoms with Crippen molar-refractivity contribution in [2.24, 2.45) is 0 Å². The van der Waals surface area contributed by atoms with Crippen LogP contribution in [0.15, 0.2) is 34.1 Å². The Balaban J connectivity index is 1.80. The molecular formula is C19H22N4O5S. The first kappa shape index (κ1) is 19.6. The van der Waals surface area contributed by atoms with Crippen LogP contribution in [-0.4, -0.2) is 48.6 Å². The smallest absolute Gasteiger partial charge is 0.303 e. The van der Waals surface area contributed by atoms with Crippen molar-refractivity contribution >= 4 is 37.8 Å². The summed E-state index contributed by atoms with van der Waals surface area (Å²) in [4.78, 5) is 29.1. The third-order valence-electron chi connectivity index (χ3n) is 5.28. The molecule has 1 aliphatic heterocycles. The van der Waals surface area contributed by atoms with E-state index >= 15 is 0 Å². The van der Waals surface area contributed by atoms with Crippen molar-refractivity contribution in [2.75, 3.05) is 13.1 Å². The van der Waals surface area contributed by atoms with Gasteiger partial charge in [0.1, 0.15) is 5.52 Å². The first-order valence-electron chi connectivity index (χ1n) is 9.46. The molecule has 0 radical (unpaired) electrons. The lowest BCUT2D eigenvalue weighted by molar-refractivity contribution is -0.136. The van der Waals surface area contributed by atoms with E-state index in [1.807, 2.05) is 0 Å². The number of sulfonamides is 1. The number of aromatic amines is 2. The van der Waals surface area contributed by atoms with E-state index in [1.54, 1.807) is 12.3 Å². The minimum Gasteiger partial charge on any atom is -0.481 e. The number of hydrogen-bond donors (Lipinski definition) is 5. The van der Waals surface area contributed by atoms with Crippen LogP contribution in [0.4, 0.5) is 0 Å². The summed E-state index contributed by atoms with van der Waals surface area (Å²) < 4.78 is 28.6. The van der Waals surface area contributed by atoms with Gasteiger partial charge in [-0.3, -0.25) is 9.59 Å². The van der Waals surface area contributed by atoms with Gasteiger partial charge in [0.25, 0.3) is 5.56 Å². The number of hydrogen-bond acceptors (Lipinski definition) is 5. The van der Waals surface area contributed by atoms with E-state index in [4.69, 9.17) is 5.11 Å². The minimum atomic E-state index is -3.73. The molecular weight excluding hydrogens is 396 g/mol. The molecule has 0 amide bonds. The van der Waals surface area contributed by atoms with Crippen LogP contribution in [0.2, 0.25) is 0 Å². The van der Waals surface area contributed by atoms with Crippen molar-refractivity contribution in [1.29, 1.82) is 0 Å². The number of fused-ring (bicyclic) bond motifs is 3. The van der Waals surface area contributed by atoms with E-state index in [0.29, 0.717) is 27.4 Å². The molecule has 2 aromatic heterocycles. The molecule has 4 rings (SSSR count). The molecule has 3 aromatic rings. The van der Waals surface area contributed by atoms with Crippen LogP contribution in [0, 0.1) is 0 Å². The van der Waals surface area contributed by atoms with Crippen molar-refractivity contribution in [3.63, 3.8) is 0 Å². The Bertz CT molecular complexity index is 1240. The number of aryl methyl sites for hydroxylation is 1. The second-order valence-corrected chi connectivity index (χ2v) is 8.98. The van der Waals surface area contributed by atoms with Gasteiger partial charge in [-0.2, -0.15) is 0 Å². The Morgan fingerprint density at radius 1 is 1.24 bits per heavy atom. The van der Waals surface area contributed by atoms with Crippen LogP contribution in [0.5, 0.6) is 0 Å². The number of aliphatic carboxylic acids is 1. The summed E-state index contributed by atoms with van der Waals surface area (Å²) >= 11 is 0. The number of nitrogens with one attached hydrogen (secondary N) is 4. The molecule has 0 spiro atoms. The lowest BCUT2D eigenvalue weighted by atomic mass is 10.0. The number of H-pyrrole nitrogens is 2. The number of carboxylic acid groups (broad SMARTS) is 1. The summed E-state index contributed by atoms with van der Waals surface area (Å²) in [5.41, 5.74) is 1.13. The van der Waals surface area contributed by atoms with Gasteiger partial charge in [0, 0.05) is 34.9 Å². The summed E-state index contributed by atoms with van der Waals surface area (Å²) in [7, 11) is -3.73. The quantitative estimate of drug-likeness (QED) is 0.405. The maximum absolute atomic E-state index is 12.9. The Kier molecular flexibility index (Phi) is 5.15. The highest BCUT2D eigenvalue weighted by atomic mass is 32.2. The molecule has 5 N–H and O–H groups in total. The molecule has 0 bridgehead atoms. The standard InChI is InChI=1S/C19H22N4O5S/c24-16(25)4-1-11-10-21-18-17(11)14-9-13(2-3-15(14)22-19(18)26)29(27,28)23-12-5-7-20-8-6-12/h2-3,9-10,12,20-21,23H,1,4-8H2,(H,22,26)(H,24,25). The summed E-state index contributed by atoms with van der Waals surface area (Å²) in [6.07, 6.45) is 3.20. The number of carbonyl (C=O) groups is 1. The normalized spacial score (nSPS) is 15.9. The van der Waals surface area contributed by atoms with Crippen molar-refractivity contribution in [3.05, 3.63) is 40.3 Å². The Labute approximate surface area is 166 Å². The van der Waals surface area contributed by atoms with Crippen molar-refractivity contribution < 1.29 is 18.3 Å². The largest absolute Gasteiger partial charge is 0.481 e. The number of pyridine rings is 1. The van der Waals surface area contributed by atoms with Crippen LogP contribution in [0.25, 0.3) is 21.8 Å². The third kappa shape index (κ3) is 3.91. The van der Waals surface area contributed by atoms with Gasteiger partial charge >= 0.3 is 5.97 Å². The van der Waals surface area contributed by atoms with E-state index in [1.165, 1.54) is 12.1 Å². The molecule has 10 heteroatoms. The number of benzene rings is 1. The second-order valence-electron chi connectivity index (χ2n) is 7.26. The molecule has 0 saturated carbocycles. The van der Waals surface area contributed by atoms with Gasteiger partial charge in [0.2, 0.25) is 10.0 Å². The Hall–Kier alpha value is -2.69. The van der Waals surface area contributed by atoms with Gasteiger partial charge in [-0.15, -0.1) is 0 Å². The predicted octanol–water partition coefficient (Wildman–Crippen LogP) is 1.06. The molecule has 1 fully saturated rings. The number of aromatic nitrogens is 2. The molecule has 154 valence electrons. The third-order valence-corrected chi connectivity index (χ3v) is 6.80. The fourth-order valence-electron chi connectivity index (χ4n) is 3.81. The first-order chi connectivity index (χ1) is 13.8. The lowest BCUT2D eigenvalue weighted by Crippen LogP contribution is -2.42. The first-order valence-corrected chi connectivity index (χ1v) is 10.9. The van der Waals surface area contributed by atoms with Crippen LogP contribution < -0.4 is 15.6 Å². The zero-order valence-electron chi connectivity index (χ0n) is 15.6. The lowest BCUT2D eigenvalue weighted by Gasteiger charge is -2.23. The average molecular weight is 418 g/mol. The van der Waals surface area contributed by atoms with Gasteiger partial charge in [-0.1, -0.05) is 0 Å². The minimum absolute atomic E-state index is 0.0868. The van der Waals surface area contributed by atoms with Crippen molar-refractivity contribution in [3.8, 4) is 0 Å². The number of carboxylic acids is 1. The zero-order chi connectivity index (χ0) is 20.6. The molecule has 0 aliphatic carbocycles. The van der Waals surface area contributed by atoms with Gasteiger partial charge < -0.3 is 20.4 Å². The average Bonchev–Trinajstić information content (AvgIpc) is 3.11. The van der Waals surface area contributed by atoms with Gasteiger partial charge in [0.05, 0.1) is 4.90 Å². The van der Waals surface area contributed by atoms with Gasteiger partial charge in [0.15, 0.2) is 0 Å². The fraction of sp³-hybridized carbons (Fsp3) is 0.368. The predicted molar refractivity (Wildman–Crippen MR) is 109 cm³/mol. The Morgan fingerprint density at radius 3 is 2.72 bits per heavy atom. The molecule has 1 aliphatic rings. The Morgan fingerprint density at radius 2 is 2.00 bits per heavy atom. The van der Waals surface area contributed by atoms with Crippen molar-refractivity contribution in [2.45, 2.75) is 36.6 Å². The van der Waals surface area contributed by atoms with Crippen LogP contribution in [0.1, 0.15) is 24.8 Å². The second kappa shape index (κ2) is 7.62. The summed E-state index contributed by atoms with van der Waals surface area (Å²) in [6, 6.07) is 4.46. The molecule has 0 unspecified atom stereocenters. The number of piperidine rings is 1. The van der Waals surface area contributed by atoms with Crippen molar-refractivity contribution in [1.82, 2.24) is 20.0 Å². The maximum Gasteiger partial charge on any atom is 0.303 e. The van der Waals surface area contributed by atoms with E-state index in [0.717, 1.165) is 25.9 Å². The maximum atomic E-state index is 12.9. The molecule has 1 saturated heterocycles. The SMILES string of the molecule is O=C(O)CCc1c[nH]c2c(=O)[nH]c3ccc(S(=O)(=O)NC4CCNCC4)cc3c12. The van der Waals surface area contributed by atoms with Crippen LogP contribution in [-0.2, 0) is 21.2 Å². The highest BCUT2D eigenvalue weighted by Gasteiger charge is 2.23. The van der Waals surface area contributed by atoms with E-state index in [9.17, 15) is 18.0 Å². The van der Waals surface area contributed by atoms with Crippen LogP contribution in [0.3, 0.4) is 0 Å². The van der Waals surface area contributed by atoms with E-state index in [-0.39, 0.29) is 29.3 Å². The molecule has 0 atom stereocenters. The van der Waals surface area contributed by atoms with Gasteiger partial charge in [-0.05, 0) is 56.1 Å². The molecule has 1 aromatic carbocycles. The van der Waals surface area contributed by atoms with Crippen LogP contribution >= 0.6 is 0 Å². The number of rotatable bonds is 6. The summed E-state index contributed by atoms with van der Waals surface area (Å²) in [5, 5.41) is 13.3. The summed E-state index contributed by atoms with van der Waals surface area (Å²) in [6.45, 7) is 1.53. The molecule has 29 heavy (non-hydrogen) atoms. The van der Waals surface area contributed by atoms with E-state index < -0.39 is 16.0 Å².